The fraction of sp³-hybridized carbons (Fsp3) is 0.143. The second kappa shape index (κ2) is 3.84. The van der Waals surface area contributed by atoms with Crippen LogP contribution in [0, 0.1) is 6.92 Å². The molecule has 0 radical (unpaired) electrons. The SMILES string of the molecule is Cc1cn(C)c2cc(-c3cnco3)ccc2c1=O. The maximum absolute atomic E-state index is 12.0. The highest BCUT2D eigenvalue weighted by Gasteiger charge is 2.07. The maximum atomic E-state index is 12.0. The molecule has 0 fully saturated rings. The number of hydrogen-bond acceptors (Lipinski definition) is 3. The van der Waals surface area contributed by atoms with Gasteiger partial charge in [-0.1, -0.05) is 6.07 Å². The Bertz CT molecular complexity index is 770. The van der Waals surface area contributed by atoms with Gasteiger partial charge in [-0.05, 0) is 19.1 Å². The highest BCUT2D eigenvalue weighted by atomic mass is 16.3. The van der Waals surface area contributed by atoms with Gasteiger partial charge < -0.3 is 8.98 Å². The molecule has 0 aliphatic rings. The van der Waals surface area contributed by atoms with E-state index in [1.165, 1.54) is 6.39 Å². The second-order valence-electron chi connectivity index (χ2n) is 4.35. The second-order valence-corrected chi connectivity index (χ2v) is 4.35. The molecule has 4 heteroatoms. The Morgan fingerprint density at radius 2 is 2.17 bits per heavy atom. The fourth-order valence-electron chi connectivity index (χ4n) is 2.16. The summed E-state index contributed by atoms with van der Waals surface area (Å²) in [4.78, 5) is 15.9. The van der Waals surface area contributed by atoms with Crippen molar-refractivity contribution in [3.8, 4) is 11.3 Å². The molecular weight excluding hydrogens is 228 g/mol. The average molecular weight is 240 g/mol. The topological polar surface area (TPSA) is 48.0 Å². The van der Waals surface area contributed by atoms with Gasteiger partial charge in [-0.2, -0.15) is 0 Å². The van der Waals surface area contributed by atoms with E-state index in [1.807, 2.05) is 42.9 Å². The Kier molecular flexibility index (Phi) is 2.30. The van der Waals surface area contributed by atoms with Crippen molar-refractivity contribution in [1.82, 2.24) is 9.55 Å². The Hall–Kier alpha value is -2.36. The number of fused-ring (bicyclic) bond motifs is 1. The maximum Gasteiger partial charge on any atom is 0.192 e. The van der Waals surface area contributed by atoms with Crippen LogP contribution < -0.4 is 5.43 Å². The van der Waals surface area contributed by atoms with E-state index in [0.717, 1.165) is 22.0 Å². The van der Waals surface area contributed by atoms with Crippen molar-refractivity contribution in [2.24, 2.45) is 7.05 Å². The van der Waals surface area contributed by atoms with Crippen LogP contribution in [0.25, 0.3) is 22.2 Å². The molecule has 0 atom stereocenters. The number of aryl methyl sites for hydroxylation is 2. The lowest BCUT2D eigenvalue weighted by molar-refractivity contribution is 0.572. The van der Waals surface area contributed by atoms with Crippen molar-refractivity contribution in [3.63, 3.8) is 0 Å². The van der Waals surface area contributed by atoms with Crippen LogP contribution >= 0.6 is 0 Å². The Morgan fingerprint density at radius 3 is 2.89 bits per heavy atom. The number of pyridine rings is 1. The molecule has 4 nitrogen and oxygen atoms in total. The molecule has 0 saturated carbocycles. The van der Waals surface area contributed by atoms with Crippen molar-refractivity contribution < 1.29 is 4.42 Å². The molecule has 3 aromatic rings. The quantitative estimate of drug-likeness (QED) is 0.656. The van der Waals surface area contributed by atoms with E-state index in [-0.39, 0.29) is 5.43 Å². The van der Waals surface area contributed by atoms with Gasteiger partial charge in [-0.15, -0.1) is 0 Å². The summed E-state index contributed by atoms with van der Waals surface area (Å²) in [5.41, 5.74) is 2.63. The summed E-state index contributed by atoms with van der Waals surface area (Å²) in [6.07, 6.45) is 4.90. The predicted molar refractivity (Wildman–Crippen MR) is 69.4 cm³/mol. The monoisotopic (exact) mass is 240 g/mol. The number of nitrogens with zero attached hydrogens (tertiary/aromatic N) is 2. The lowest BCUT2D eigenvalue weighted by atomic mass is 10.1. The standard InChI is InChI=1S/C14H12N2O2/c1-9-7-16(2)12-5-10(13-6-15-8-18-13)3-4-11(12)14(9)17/h3-8H,1-2H3. The first-order valence-electron chi connectivity index (χ1n) is 5.65. The summed E-state index contributed by atoms with van der Waals surface area (Å²) >= 11 is 0. The van der Waals surface area contributed by atoms with Crippen LogP contribution in [-0.4, -0.2) is 9.55 Å². The van der Waals surface area contributed by atoms with Gasteiger partial charge in [0, 0.05) is 29.8 Å². The zero-order chi connectivity index (χ0) is 12.7. The minimum absolute atomic E-state index is 0.0761. The highest BCUT2D eigenvalue weighted by molar-refractivity contribution is 5.84. The first-order chi connectivity index (χ1) is 8.66. The van der Waals surface area contributed by atoms with Gasteiger partial charge in [-0.25, -0.2) is 4.98 Å². The molecule has 90 valence electrons. The van der Waals surface area contributed by atoms with Crippen LogP contribution in [0.5, 0.6) is 0 Å². The van der Waals surface area contributed by atoms with Crippen molar-refractivity contribution in [3.05, 3.63) is 52.8 Å². The molecule has 2 heterocycles. The van der Waals surface area contributed by atoms with Crippen molar-refractivity contribution in [2.75, 3.05) is 0 Å². The van der Waals surface area contributed by atoms with Crippen LogP contribution in [-0.2, 0) is 7.05 Å². The summed E-state index contributed by atoms with van der Waals surface area (Å²) in [7, 11) is 1.93. The molecule has 0 unspecified atom stereocenters. The van der Waals surface area contributed by atoms with Gasteiger partial charge in [0.1, 0.15) is 0 Å². The van der Waals surface area contributed by atoms with Crippen molar-refractivity contribution >= 4 is 10.9 Å². The summed E-state index contributed by atoms with van der Waals surface area (Å²) in [5, 5.41) is 0.723. The number of hydrogen-bond donors (Lipinski definition) is 0. The molecule has 1 aromatic carbocycles. The lowest BCUT2D eigenvalue weighted by Gasteiger charge is -2.07. The van der Waals surface area contributed by atoms with E-state index in [9.17, 15) is 4.79 Å². The molecule has 2 aromatic heterocycles. The lowest BCUT2D eigenvalue weighted by Crippen LogP contribution is -2.10. The van der Waals surface area contributed by atoms with E-state index < -0.39 is 0 Å². The van der Waals surface area contributed by atoms with E-state index in [0.29, 0.717) is 5.76 Å². The fourth-order valence-corrected chi connectivity index (χ4v) is 2.16. The summed E-state index contributed by atoms with van der Waals surface area (Å²) in [5.74, 6) is 0.699. The highest BCUT2D eigenvalue weighted by Crippen LogP contribution is 2.22. The third-order valence-electron chi connectivity index (χ3n) is 3.08. The number of rotatable bonds is 1. The van der Waals surface area contributed by atoms with E-state index in [1.54, 1.807) is 6.20 Å². The zero-order valence-corrected chi connectivity index (χ0v) is 10.2. The Morgan fingerprint density at radius 1 is 1.33 bits per heavy atom. The van der Waals surface area contributed by atoms with Crippen molar-refractivity contribution in [1.29, 1.82) is 0 Å². The van der Waals surface area contributed by atoms with Gasteiger partial charge in [0.15, 0.2) is 17.6 Å². The minimum Gasteiger partial charge on any atom is -0.444 e. The molecule has 0 saturated heterocycles. The molecule has 0 N–H and O–H groups in total. The largest absolute Gasteiger partial charge is 0.444 e. The van der Waals surface area contributed by atoms with Crippen LogP contribution in [0.2, 0.25) is 0 Å². The van der Waals surface area contributed by atoms with Crippen LogP contribution in [0.3, 0.4) is 0 Å². The summed E-state index contributed by atoms with van der Waals surface area (Å²) in [6.45, 7) is 1.83. The van der Waals surface area contributed by atoms with E-state index >= 15 is 0 Å². The van der Waals surface area contributed by atoms with Crippen LogP contribution in [0.15, 0.2) is 46.2 Å². The first-order valence-corrected chi connectivity index (χ1v) is 5.65. The van der Waals surface area contributed by atoms with Crippen molar-refractivity contribution in [2.45, 2.75) is 6.92 Å². The van der Waals surface area contributed by atoms with E-state index in [2.05, 4.69) is 4.98 Å². The van der Waals surface area contributed by atoms with Gasteiger partial charge in [0.05, 0.1) is 11.7 Å². The molecule has 0 aliphatic heterocycles. The number of aromatic nitrogens is 2. The Labute approximate surface area is 104 Å². The summed E-state index contributed by atoms with van der Waals surface area (Å²) < 4.78 is 7.21. The normalized spacial score (nSPS) is 11.0. The van der Waals surface area contributed by atoms with Gasteiger partial charge in [0.25, 0.3) is 0 Å². The molecule has 18 heavy (non-hydrogen) atoms. The zero-order valence-electron chi connectivity index (χ0n) is 10.2. The third kappa shape index (κ3) is 1.54. The molecule has 0 aliphatic carbocycles. The number of benzene rings is 1. The molecular formula is C14H12N2O2. The third-order valence-corrected chi connectivity index (χ3v) is 3.08. The van der Waals surface area contributed by atoms with E-state index in [4.69, 9.17) is 4.42 Å². The molecule has 3 rings (SSSR count). The smallest absolute Gasteiger partial charge is 0.192 e. The molecule has 0 amide bonds. The molecule has 0 spiro atoms. The molecule has 0 bridgehead atoms. The predicted octanol–water partition coefficient (Wildman–Crippen LogP) is 2.50. The van der Waals surface area contributed by atoms with Gasteiger partial charge >= 0.3 is 0 Å². The van der Waals surface area contributed by atoms with Crippen LogP contribution in [0.4, 0.5) is 0 Å². The van der Waals surface area contributed by atoms with Crippen LogP contribution in [0.1, 0.15) is 5.56 Å². The number of oxazole rings is 1. The first kappa shape index (κ1) is 10.8. The Balaban J connectivity index is 2.34. The van der Waals surface area contributed by atoms with Gasteiger partial charge in [-0.3, -0.25) is 4.79 Å². The average Bonchev–Trinajstić information content (AvgIpc) is 2.89. The summed E-state index contributed by atoms with van der Waals surface area (Å²) in [6, 6.07) is 5.66. The minimum atomic E-state index is 0.0761. The van der Waals surface area contributed by atoms with Gasteiger partial charge in [0.2, 0.25) is 0 Å².